The highest BCUT2D eigenvalue weighted by atomic mass is 16.2. The van der Waals surface area contributed by atoms with Gasteiger partial charge in [-0.2, -0.15) is 0 Å². The molecular formula is C23H35N3O2. The number of para-hydroxylation sites is 1. The third-order valence-electron chi connectivity index (χ3n) is 6.45. The maximum Gasteiger partial charge on any atom is 0.241 e. The number of hydrogen-bond donors (Lipinski definition) is 0. The van der Waals surface area contributed by atoms with Gasteiger partial charge in [0, 0.05) is 44.8 Å². The molecule has 0 N–H and O–H groups in total. The van der Waals surface area contributed by atoms with Gasteiger partial charge in [-0.3, -0.25) is 14.5 Å². The standard InChI is InChI=1S/C23H35N3O2/c1-18(23(2,3)4)16-21(27)25-14-12-24(13-15-25)17-22(28)26-11-7-9-19-8-5-6-10-20(19)26/h5-6,8,10,18H,7,9,11-17H2,1-4H3. The number of carbonyl (C=O) groups is 2. The van der Waals surface area contributed by atoms with E-state index in [1.54, 1.807) is 0 Å². The lowest BCUT2D eigenvalue weighted by Gasteiger charge is -2.37. The second-order valence-corrected chi connectivity index (χ2v) is 9.41. The van der Waals surface area contributed by atoms with Crippen molar-refractivity contribution in [1.82, 2.24) is 9.80 Å². The molecule has 0 aliphatic carbocycles. The first-order valence-electron chi connectivity index (χ1n) is 10.6. The van der Waals surface area contributed by atoms with Gasteiger partial charge in [0.2, 0.25) is 11.8 Å². The normalized spacial score (nSPS) is 19.3. The molecule has 0 radical (unpaired) electrons. The van der Waals surface area contributed by atoms with Crippen LogP contribution in [0.15, 0.2) is 24.3 Å². The summed E-state index contributed by atoms with van der Waals surface area (Å²) in [6.07, 6.45) is 2.68. The first-order chi connectivity index (χ1) is 13.3. The summed E-state index contributed by atoms with van der Waals surface area (Å²) in [4.78, 5) is 31.6. The smallest absolute Gasteiger partial charge is 0.241 e. The third kappa shape index (κ3) is 4.93. The molecule has 154 valence electrons. The number of aryl methyl sites for hydroxylation is 1. The van der Waals surface area contributed by atoms with Crippen LogP contribution < -0.4 is 4.90 Å². The van der Waals surface area contributed by atoms with Gasteiger partial charge in [-0.15, -0.1) is 0 Å². The van der Waals surface area contributed by atoms with Gasteiger partial charge in [-0.1, -0.05) is 45.9 Å². The summed E-state index contributed by atoms with van der Waals surface area (Å²) in [5, 5.41) is 0. The largest absolute Gasteiger partial charge is 0.340 e. The highest BCUT2D eigenvalue weighted by Gasteiger charge is 2.29. The van der Waals surface area contributed by atoms with Gasteiger partial charge in [-0.05, 0) is 35.8 Å². The van der Waals surface area contributed by atoms with E-state index in [4.69, 9.17) is 0 Å². The fourth-order valence-electron chi connectivity index (χ4n) is 3.92. The Labute approximate surface area is 169 Å². The quantitative estimate of drug-likeness (QED) is 0.800. The molecular weight excluding hydrogens is 350 g/mol. The Morgan fingerprint density at radius 3 is 2.36 bits per heavy atom. The Morgan fingerprint density at radius 2 is 1.68 bits per heavy atom. The van der Waals surface area contributed by atoms with E-state index in [1.807, 2.05) is 21.9 Å². The van der Waals surface area contributed by atoms with Crippen LogP contribution in [0.25, 0.3) is 0 Å². The van der Waals surface area contributed by atoms with Crippen LogP contribution in [0.5, 0.6) is 0 Å². The molecule has 28 heavy (non-hydrogen) atoms. The van der Waals surface area contributed by atoms with Gasteiger partial charge < -0.3 is 9.80 Å². The summed E-state index contributed by atoms with van der Waals surface area (Å²) in [7, 11) is 0. The number of benzene rings is 1. The van der Waals surface area contributed by atoms with Crippen molar-refractivity contribution in [3.05, 3.63) is 29.8 Å². The van der Waals surface area contributed by atoms with Crippen molar-refractivity contribution in [2.45, 2.75) is 47.0 Å². The Kier molecular flexibility index (Phi) is 6.43. The van der Waals surface area contributed by atoms with Crippen molar-refractivity contribution >= 4 is 17.5 Å². The molecule has 5 heteroatoms. The van der Waals surface area contributed by atoms with Crippen molar-refractivity contribution in [2.24, 2.45) is 11.3 Å². The molecule has 1 aromatic carbocycles. The molecule has 2 amide bonds. The average Bonchev–Trinajstić information content (AvgIpc) is 2.67. The molecule has 3 rings (SSSR count). The van der Waals surface area contributed by atoms with Crippen LogP contribution in [0.4, 0.5) is 5.69 Å². The van der Waals surface area contributed by atoms with Gasteiger partial charge in [0.15, 0.2) is 0 Å². The number of hydrogen-bond acceptors (Lipinski definition) is 3. The molecule has 0 saturated carbocycles. The molecule has 5 nitrogen and oxygen atoms in total. The predicted octanol–water partition coefficient (Wildman–Crippen LogP) is 3.18. The van der Waals surface area contributed by atoms with Gasteiger partial charge in [0.05, 0.1) is 6.54 Å². The first-order valence-corrected chi connectivity index (χ1v) is 10.6. The second-order valence-electron chi connectivity index (χ2n) is 9.41. The van der Waals surface area contributed by atoms with Crippen molar-refractivity contribution in [3.8, 4) is 0 Å². The number of anilines is 1. The lowest BCUT2D eigenvalue weighted by Crippen LogP contribution is -2.52. The van der Waals surface area contributed by atoms with Crippen LogP contribution in [0, 0.1) is 11.3 Å². The zero-order valence-electron chi connectivity index (χ0n) is 17.9. The van der Waals surface area contributed by atoms with E-state index < -0.39 is 0 Å². The van der Waals surface area contributed by atoms with Crippen LogP contribution in [0.2, 0.25) is 0 Å². The highest BCUT2D eigenvalue weighted by molar-refractivity contribution is 5.96. The number of rotatable bonds is 4. The monoisotopic (exact) mass is 385 g/mol. The molecule has 0 aromatic heterocycles. The molecule has 2 heterocycles. The van der Waals surface area contributed by atoms with E-state index in [-0.39, 0.29) is 17.2 Å². The average molecular weight is 386 g/mol. The topological polar surface area (TPSA) is 43.9 Å². The molecule has 2 aliphatic heterocycles. The second kappa shape index (κ2) is 8.64. The summed E-state index contributed by atoms with van der Waals surface area (Å²) in [6.45, 7) is 13.0. The molecule has 1 aromatic rings. The van der Waals surface area contributed by atoms with Crippen LogP contribution in [-0.2, 0) is 16.0 Å². The Balaban J connectivity index is 1.50. The zero-order valence-corrected chi connectivity index (χ0v) is 17.9. The van der Waals surface area contributed by atoms with Crippen molar-refractivity contribution in [1.29, 1.82) is 0 Å². The van der Waals surface area contributed by atoms with Gasteiger partial charge in [0.1, 0.15) is 0 Å². The maximum absolute atomic E-state index is 12.9. The lowest BCUT2D eigenvalue weighted by atomic mass is 9.80. The first kappa shape index (κ1) is 20.8. The van der Waals surface area contributed by atoms with Crippen LogP contribution >= 0.6 is 0 Å². The number of carbonyl (C=O) groups excluding carboxylic acids is 2. The van der Waals surface area contributed by atoms with Crippen LogP contribution in [0.3, 0.4) is 0 Å². The summed E-state index contributed by atoms with van der Waals surface area (Å²) in [6, 6.07) is 8.23. The summed E-state index contributed by atoms with van der Waals surface area (Å²) >= 11 is 0. The molecule has 0 bridgehead atoms. The highest BCUT2D eigenvalue weighted by Crippen LogP contribution is 2.29. The Morgan fingerprint density at radius 1 is 1.00 bits per heavy atom. The van der Waals surface area contributed by atoms with E-state index in [9.17, 15) is 9.59 Å². The fourth-order valence-corrected chi connectivity index (χ4v) is 3.92. The Bertz CT molecular complexity index is 702. The lowest BCUT2D eigenvalue weighted by molar-refractivity contribution is -0.134. The zero-order chi connectivity index (χ0) is 20.3. The number of amides is 2. The Hall–Kier alpha value is -1.88. The maximum atomic E-state index is 12.9. The van der Waals surface area contributed by atoms with Crippen LogP contribution in [-0.4, -0.2) is 60.9 Å². The number of fused-ring (bicyclic) bond motifs is 1. The summed E-state index contributed by atoms with van der Waals surface area (Å²) in [5.74, 6) is 0.783. The van der Waals surface area contributed by atoms with Gasteiger partial charge in [-0.25, -0.2) is 0 Å². The molecule has 1 saturated heterocycles. The third-order valence-corrected chi connectivity index (χ3v) is 6.45. The summed E-state index contributed by atoms with van der Waals surface area (Å²) < 4.78 is 0. The van der Waals surface area contributed by atoms with Crippen molar-refractivity contribution in [2.75, 3.05) is 44.2 Å². The van der Waals surface area contributed by atoms with Crippen molar-refractivity contribution < 1.29 is 9.59 Å². The molecule has 1 fully saturated rings. The fraction of sp³-hybridized carbons (Fsp3) is 0.652. The molecule has 2 aliphatic rings. The van der Waals surface area contributed by atoms with Gasteiger partial charge >= 0.3 is 0 Å². The van der Waals surface area contributed by atoms with E-state index in [0.717, 1.165) is 51.3 Å². The minimum atomic E-state index is 0.147. The van der Waals surface area contributed by atoms with Crippen molar-refractivity contribution in [3.63, 3.8) is 0 Å². The van der Waals surface area contributed by atoms with E-state index in [2.05, 4.69) is 44.7 Å². The number of piperazine rings is 1. The minimum absolute atomic E-state index is 0.147. The molecule has 0 spiro atoms. The van der Waals surface area contributed by atoms with Crippen LogP contribution in [0.1, 0.15) is 46.1 Å². The SMILES string of the molecule is CC(CC(=O)N1CCN(CC(=O)N2CCCc3ccccc32)CC1)C(C)(C)C. The summed E-state index contributed by atoms with van der Waals surface area (Å²) in [5.41, 5.74) is 2.49. The minimum Gasteiger partial charge on any atom is -0.340 e. The van der Waals surface area contributed by atoms with E-state index >= 15 is 0 Å². The molecule has 1 atom stereocenters. The van der Waals surface area contributed by atoms with Gasteiger partial charge in [0.25, 0.3) is 0 Å². The van der Waals surface area contributed by atoms with E-state index in [1.165, 1.54) is 5.56 Å². The number of nitrogens with zero attached hydrogens (tertiary/aromatic N) is 3. The predicted molar refractivity (Wildman–Crippen MR) is 113 cm³/mol. The van der Waals surface area contributed by atoms with E-state index in [0.29, 0.717) is 18.9 Å². The molecule has 1 unspecified atom stereocenters.